The van der Waals surface area contributed by atoms with Crippen molar-refractivity contribution in [2.75, 3.05) is 13.2 Å². The van der Waals surface area contributed by atoms with Gasteiger partial charge in [0.2, 0.25) is 17.7 Å². The van der Waals surface area contributed by atoms with Crippen LogP contribution in [0.1, 0.15) is 78.1 Å². The van der Waals surface area contributed by atoms with Crippen LogP contribution in [0.5, 0.6) is 0 Å². The van der Waals surface area contributed by atoms with Crippen molar-refractivity contribution in [2.24, 2.45) is 0 Å². The molecular formula is C21H35N3O4. The van der Waals surface area contributed by atoms with Crippen LogP contribution in [0.25, 0.3) is 0 Å². The van der Waals surface area contributed by atoms with Crippen molar-refractivity contribution in [3.63, 3.8) is 0 Å². The number of nitrogens with one attached hydrogen (secondary N) is 2. The second-order valence-electron chi connectivity index (χ2n) is 8.68. The third-order valence-corrected chi connectivity index (χ3v) is 6.68. The quantitative estimate of drug-likeness (QED) is 0.691. The van der Waals surface area contributed by atoms with Crippen LogP contribution in [0, 0.1) is 0 Å². The van der Waals surface area contributed by atoms with Gasteiger partial charge in [0.25, 0.3) is 0 Å². The lowest BCUT2D eigenvalue weighted by Gasteiger charge is -2.42. The fraction of sp³-hybridized carbons (Fsp3) is 0.857. The number of hydrogen-bond acceptors (Lipinski definition) is 4. The Bertz CT molecular complexity index is 584. The van der Waals surface area contributed by atoms with Crippen LogP contribution in [-0.2, 0) is 19.1 Å². The molecule has 158 valence electrons. The first kappa shape index (κ1) is 21.1. The van der Waals surface area contributed by atoms with Gasteiger partial charge in [0, 0.05) is 25.6 Å². The molecule has 7 heteroatoms. The van der Waals surface area contributed by atoms with Gasteiger partial charge in [-0.25, -0.2) is 0 Å². The van der Waals surface area contributed by atoms with E-state index in [1.54, 1.807) is 4.90 Å². The summed E-state index contributed by atoms with van der Waals surface area (Å²) in [5.41, 5.74) is -0.951. The molecule has 7 nitrogen and oxygen atoms in total. The van der Waals surface area contributed by atoms with E-state index in [9.17, 15) is 14.4 Å². The SMILES string of the molecule is CC[C@](C)(C(=O)NC1CCCCC1)N(C[C@H]1CCCO1)C(=O)[C@@H]1CCC(=O)N1. The van der Waals surface area contributed by atoms with Gasteiger partial charge in [0.05, 0.1) is 6.10 Å². The summed E-state index contributed by atoms with van der Waals surface area (Å²) < 4.78 is 5.77. The predicted molar refractivity (Wildman–Crippen MR) is 106 cm³/mol. The highest BCUT2D eigenvalue weighted by molar-refractivity contribution is 5.96. The summed E-state index contributed by atoms with van der Waals surface area (Å²) in [6, 6.07) is -0.347. The third kappa shape index (κ3) is 4.67. The van der Waals surface area contributed by atoms with Gasteiger partial charge in [-0.05, 0) is 45.4 Å². The molecule has 0 spiro atoms. The van der Waals surface area contributed by atoms with E-state index < -0.39 is 11.6 Å². The first-order valence-corrected chi connectivity index (χ1v) is 11.0. The van der Waals surface area contributed by atoms with Crippen LogP contribution in [0.3, 0.4) is 0 Å². The van der Waals surface area contributed by atoms with Crippen molar-refractivity contribution in [1.29, 1.82) is 0 Å². The van der Waals surface area contributed by atoms with E-state index >= 15 is 0 Å². The molecule has 3 aliphatic rings. The van der Waals surface area contributed by atoms with Crippen molar-refractivity contribution < 1.29 is 19.1 Å². The molecule has 0 aromatic heterocycles. The normalized spacial score (nSPS) is 27.9. The van der Waals surface area contributed by atoms with Crippen molar-refractivity contribution in [2.45, 2.75) is 102 Å². The minimum Gasteiger partial charge on any atom is -0.376 e. The maximum Gasteiger partial charge on any atom is 0.246 e. The Morgan fingerprint density at radius 3 is 2.50 bits per heavy atom. The maximum atomic E-state index is 13.4. The predicted octanol–water partition coefficient (Wildman–Crippen LogP) is 1.89. The second kappa shape index (κ2) is 9.25. The Morgan fingerprint density at radius 2 is 1.93 bits per heavy atom. The highest BCUT2D eigenvalue weighted by Gasteiger charge is 2.45. The van der Waals surface area contributed by atoms with Crippen LogP contribution < -0.4 is 10.6 Å². The molecule has 2 heterocycles. The second-order valence-corrected chi connectivity index (χ2v) is 8.68. The zero-order chi connectivity index (χ0) is 20.1. The highest BCUT2D eigenvalue weighted by atomic mass is 16.5. The van der Waals surface area contributed by atoms with E-state index in [4.69, 9.17) is 4.74 Å². The molecule has 0 aromatic carbocycles. The lowest BCUT2D eigenvalue weighted by Crippen LogP contribution is -2.64. The molecule has 2 saturated heterocycles. The molecule has 28 heavy (non-hydrogen) atoms. The number of hydrogen-bond donors (Lipinski definition) is 2. The first-order valence-electron chi connectivity index (χ1n) is 11.0. The number of amides is 3. The van der Waals surface area contributed by atoms with E-state index in [2.05, 4.69) is 10.6 Å². The van der Waals surface area contributed by atoms with E-state index in [0.29, 0.717) is 32.4 Å². The van der Waals surface area contributed by atoms with Crippen LogP contribution >= 0.6 is 0 Å². The Labute approximate surface area is 167 Å². The largest absolute Gasteiger partial charge is 0.376 e. The fourth-order valence-electron chi connectivity index (χ4n) is 4.58. The van der Waals surface area contributed by atoms with Crippen molar-refractivity contribution in [3.05, 3.63) is 0 Å². The smallest absolute Gasteiger partial charge is 0.246 e. The monoisotopic (exact) mass is 393 g/mol. The Morgan fingerprint density at radius 1 is 1.18 bits per heavy atom. The van der Waals surface area contributed by atoms with Gasteiger partial charge in [-0.2, -0.15) is 0 Å². The van der Waals surface area contributed by atoms with E-state index in [-0.39, 0.29) is 29.9 Å². The van der Waals surface area contributed by atoms with Crippen LogP contribution in [0.4, 0.5) is 0 Å². The first-order chi connectivity index (χ1) is 13.4. The number of carbonyl (C=O) groups is 3. The summed E-state index contributed by atoms with van der Waals surface area (Å²) in [7, 11) is 0. The van der Waals surface area contributed by atoms with E-state index in [1.165, 1.54) is 6.42 Å². The third-order valence-electron chi connectivity index (χ3n) is 6.68. The topological polar surface area (TPSA) is 87.7 Å². The van der Waals surface area contributed by atoms with Crippen molar-refractivity contribution >= 4 is 17.7 Å². The number of nitrogens with zero attached hydrogens (tertiary/aromatic N) is 1. The van der Waals surface area contributed by atoms with Gasteiger partial charge in [0.15, 0.2) is 0 Å². The average molecular weight is 394 g/mol. The molecule has 3 fully saturated rings. The zero-order valence-corrected chi connectivity index (χ0v) is 17.3. The highest BCUT2D eigenvalue weighted by Crippen LogP contribution is 2.27. The van der Waals surface area contributed by atoms with E-state index in [0.717, 1.165) is 38.5 Å². The molecule has 3 amide bonds. The lowest BCUT2D eigenvalue weighted by atomic mass is 9.90. The van der Waals surface area contributed by atoms with E-state index in [1.807, 2.05) is 13.8 Å². The molecule has 0 radical (unpaired) electrons. The summed E-state index contributed by atoms with van der Waals surface area (Å²) in [5, 5.41) is 5.98. The minimum absolute atomic E-state index is 0.0468. The Kier molecular flexibility index (Phi) is 6.96. The summed E-state index contributed by atoms with van der Waals surface area (Å²) in [5.74, 6) is -0.345. The van der Waals surface area contributed by atoms with Gasteiger partial charge in [-0.1, -0.05) is 26.2 Å². The lowest BCUT2D eigenvalue weighted by molar-refractivity contribution is -0.151. The number of rotatable bonds is 7. The van der Waals surface area contributed by atoms with Crippen LogP contribution in [0.2, 0.25) is 0 Å². The van der Waals surface area contributed by atoms with Gasteiger partial charge in [0.1, 0.15) is 11.6 Å². The van der Waals surface area contributed by atoms with Gasteiger partial charge < -0.3 is 20.3 Å². The molecule has 3 atom stereocenters. The summed E-state index contributed by atoms with van der Waals surface area (Å²) in [4.78, 5) is 40.0. The standard InChI is InChI=1S/C21H35N3O4/c1-3-21(2,20(27)22-15-8-5-4-6-9-15)24(14-16-10-7-13-28-16)19(26)17-11-12-18(25)23-17/h15-17H,3-14H2,1-2H3,(H,22,27)(H,23,25)/t16-,17+,21-/m1/s1. The molecule has 0 aromatic rings. The Hall–Kier alpha value is -1.63. The molecule has 3 rings (SSSR count). The maximum absolute atomic E-state index is 13.4. The molecule has 2 N–H and O–H groups in total. The minimum atomic E-state index is -0.951. The van der Waals surface area contributed by atoms with Gasteiger partial charge in [-0.15, -0.1) is 0 Å². The Balaban J connectivity index is 1.78. The van der Waals surface area contributed by atoms with Crippen LogP contribution in [0.15, 0.2) is 0 Å². The summed E-state index contributed by atoms with van der Waals surface area (Å²) >= 11 is 0. The van der Waals surface area contributed by atoms with Crippen molar-refractivity contribution in [3.8, 4) is 0 Å². The zero-order valence-electron chi connectivity index (χ0n) is 17.3. The average Bonchev–Trinajstić information content (AvgIpc) is 3.37. The molecule has 1 saturated carbocycles. The number of carbonyl (C=O) groups excluding carboxylic acids is 3. The summed E-state index contributed by atoms with van der Waals surface area (Å²) in [6.07, 6.45) is 8.70. The summed E-state index contributed by atoms with van der Waals surface area (Å²) in [6.45, 7) is 4.90. The fourth-order valence-corrected chi connectivity index (χ4v) is 4.58. The van der Waals surface area contributed by atoms with Crippen LogP contribution in [-0.4, -0.2) is 59.5 Å². The molecule has 1 aliphatic carbocycles. The number of ether oxygens (including phenoxy) is 1. The van der Waals surface area contributed by atoms with Gasteiger partial charge >= 0.3 is 0 Å². The molecule has 0 bridgehead atoms. The van der Waals surface area contributed by atoms with Crippen molar-refractivity contribution in [1.82, 2.24) is 15.5 Å². The molecular weight excluding hydrogens is 358 g/mol. The molecule has 2 aliphatic heterocycles. The molecule has 0 unspecified atom stereocenters. The van der Waals surface area contributed by atoms with Gasteiger partial charge in [-0.3, -0.25) is 14.4 Å².